The largest absolute Gasteiger partial charge is 0.330 e. The number of rotatable bonds is 3. The first-order chi connectivity index (χ1) is 6.94. The predicted octanol–water partition coefficient (Wildman–Crippen LogP) is 3.30. The van der Waals surface area contributed by atoms with Crippen molar-refractivity contribution in [3.63, 3.8) is 0 Å². The Hall–Kier alpha value is -0.890. The maximum absolute atomic E-state index is 13.5. The van der Waals surface area contributed by atoms with Crippen LogP contribution in [-0.2, 0) is 0 Å². The molecule has 1 rings (SSSR count). The van der Waals surface area contributed by atoms with Crippen LogP contribution in [0.4, 0.5) is 4.39 Å². The molecule has 0 spiro atoms. The van der Waals surface area contributed by atoms with E-state index in [1.165, 1.54) is 6.07 Å². The highest BCUT2D eigenvalue weighted by atomic mass is 19.1. The lowest BCUT2D eigenvalue weighted by molar-refractivity contribution is 0.338. The zero-order chi connectivity index (χ0) is 11.5. The van der Waals surface area contributed by atoms with Crippen molar-refractivity contribution in [1.82, 2.24) is 0 Å². The molecule has 15 heavy (non-hydrogen) atoms. The Morgan fingerprint density at radius 3 is 2.33 bits per heavy atom. The zero-order valence-electron chi connectivity index (χ0n) is 9.76. The molecule has 0 saturated heterocycles. The van der Waals surface area contributed by atoms with Gasteiger partial charge in [-0.15, -0.1) is 0 Å². The van der Waals surface area contributed by atoms with Gasteiger partial charge in [0.15, 0.2) is 0 Å². The van der Waals surface area contributed by atoms with Crippen LogP contribution in [0.5, 0.6) is 0 Å². The van der Waals surface area contributed by atoms with Crippen molar-refractivity contribution in [2.24, 2.45) is 11.1 Å². The predicted molar refractivity (Wildman–Crippen MR) is 62.3 cm³/mol. The average molecular weight is 209 g/mol. The summed E-state index contributed by atoms with van der Waals surface area (Å²) in [5.74, 6) is -0.0246. The lowest BCUT2D eigenvalue weighted by Gasteiger charge is -2.25. The Morgan fingerprint density at radius 2 is 1.87 bits per heavy atom. The fourth-order valence-corrected chi connectivity index (χ4v) is 1.87. The molecule has 84 valence electrons. The highest BCUT2D eigenvalue weighted by molar-refractivity contribution is 5.22. The first-order valence-electron chi connectivity index (χ1n) is 5.38. The van der Waals surface area contributed by atoms with E-state index >= 15 is 0 Å². The Kier molecular flexibility index (Phi) is 3.86. The normalized spacial score (nSPS) is 13.9. The second-order valence-corrected chi connectivity index (χ2v) is 5.22. The van der Waals surface area contributed by atoms with E-state index in [1.54, 1.807) is 6.07 Å². The van der Waals surface area contributed by atoms with Crippen molar-refractivity contribution in [3.05, 3.63) is 35.6 Å². The second-order valence-electron chi connectivity index (χ2n) is 5.22. The molecule has 0 heterocycles. The van der Waals surface area contributed by atoms with E-state index in [1.807, 2.05) is 12.1 Å². The second kappa shape index (κ2) is 4.75. The van der Waals surface area contributed by atoms with Gasteiger partial charge in [0.2, 0.25) is 0 Å². The molecule has 0 aliphatic rings. The van der Waals surface area contributed by atoms with Gasteiger partial charge in [-0.05, 0) is 35.9 Å². The van der Waals surface area contributed by atoms with Gasteiger partial charge in [0, 0.05) is 0 Å². The Bertz CT molecular complexity index is 315. The fourth-order valence-electron chi connectivity index (χ4n) is 1.87. The average Bonchev–Trinajstić information content (AvgIpc) is 2.14. The summed E-state index contributed by atoms with van der Waals surface area (Å²) in [6.07, 6.45) is 0.907. The minimum atomic E-state index is -0.141. The molecular weight excluding hydrogens is 189 g/mol. The third-order valence-corrected chi connectivity index (χ3v) is 2.49. The lowest BCUT2D eigenvalue weighted by atomic mass is 9.81. The number of hydrogen-bond donors (Lipinski definition) is 1. The summed E-state index contributed by atoms with van der Waals surface area (Å²) in [4.78, 5) is 0. The van der Waals surface area contributed by atoms with E-state index in [-0.39, 0.29) is 17.2 Å². The van der Waals surface area contributed by atoms with Crippen LogP contribution in [0.25, 0.3) is 0 Å². The van der Waals surface area contributed by atoms with Gasteiger partial charge in [0.25, 0.3) is 0 Å². The van der Waals surface area contributed by atoms with Gasteiger partial charge in [-0.25, -0.2) is 4.39 Å². The fraction of sp³-hybridized carbons (Fsp3) is 0.538. The van der Waals surface area contributed by atoms with Crippen LogP contribution in [0.1, 0.15) is 38.7 Å². The third kappa shape index (κ3) is 3.63. The number of halogens is 1. The zero-order valence-corrected chi connectivity index (χ0v) is 9.76. The standard InChI is InChI=1S/C13H20FN/c1-13(2,3)8-10(9-15)11-6-4-5-7-12(11)14/h4-7,10H,8-9,15H2,1-3H3. The minimum Gasteiger partial charge on any atom is -0.330 e. The first kappa shape index (κ1) is 12.2. The van der Waals surface area contributed by atoms with Crippen molar-refractivity contribution >= 4 is 0 Å². The first-order valence-corrected chi connectivity index (χ1v) is 5.38. The molecule has 1 unspecified atom stereocenters. The highest BCUT2D eigenvalue weighted by Gasteiger charge is 2.21. The molecule has 0 bridgehead atoms. The van der Waals surface area contributed by atoms with Crippen LogP contribution in [0, 0.1) is 11.2 Å². The van der Waals surface area contributed by atoms with Crippen molar-refractivity contribution in [3.8, 4) is 0 Å². The summed E-state index contributed by atoms with van der Waals surface area (Å²) in [6, 6.07) is 6.91. The molecule has 0 amide bonds. The van der Waals surface area contributed by atoms with Crippen LogP contribution in [-0.4, -0.2) is 6.54 Å². The SMILES string of the molecule is CC(C)(C)CC(CN)c1ccccc1F. The summed E-state index contributed by atoms with van der Waals surface area (Å²) in [6.45, 7) is 6.95. The van der Waals surface area contributed by atoms with Crippen LogP contribution in [0.2, 0.25) is 0 Å². The highest BCUT2D eigenvalue weighted by Crippen LogP contribution is 2.31. The summed E-state index contributed by atoms with van der Waals surface area (Å²) < 4.78 is 13.5. The maximum Gasteiger partial charge on any atom is 0.126 e. The summed E-state index contributed by atoms with van der Waals surface area (Å²) in [5.41, 5.74) is 6.63. The topological polar surface area (TPSA) is 26.0 Å². The van der Waals surface area contributed by atoms with Crippen LogP contribution >= 0.6 is 0 Å². The molecule has 0 saturated carbocycles. The quantitative estimate of drug-likeness (QED) is 0.812. The molecule has 1 nitrogen and oxygen atoms in total. The minimum absolute atomic E-state index is 0.117. The van der Waals surface area contributed by atoms with E-state index in [4.69, 9.17) is 5.73 Å². The molecule has 2 heteroatoms. The summed E-state index contributed by atoms with van der Waals surface area (Å²) >= 11 is 0. The summed E-state index contributed by atoms with van der Waals surface area (Å²) in [5, 5.41) is 0. The van der Waals surface area contributed by atoms with Gasteiger partial charge in [0.05, 0.1) is 0 Å². The maximum atomic E-state index is 13.5. The number of benzene rings is 1. The molecule has 0 radical (unpaired) electrons. The Morgan fingerprint density at radius 1 is 1.27 bits per heavy atom. The molecule has 1 atom stereocenters. The molecule has 0 aliphatic heterocycles. The molecule has 1 aromatic carbocycles. The van der Waals surface area contributed by atoms with Crippen molar-refractivity contribution in [2.75, 3.05) is 6.54 Å². The summed E-state index contributed by atoms with van der Waals surface area (Å²) in [7, 11) is 0. The van der Waals surface area contributed by atoms with Crippen molar-refractivity contribution < 1.29 is 4.39 Å². The molecule has 0 aliphatic carbocycles. The monoisotopic (exact) mass is 209 g/mol. The Labute approximate surface area is 91.5 Å². The molecule has 0 aromatic heterocycles. The van der Waals surface area contributed by atoms with Crippen molar-refractivity contribution in [2.45, 2.75) is 33.1 Å². The van der Waals surface area contributed by atoms with Gasteiger partial charge in [0.1, 0.15) is 5.82 Å². The van der Waals surface area contributed by atoms with Crippen molar-refractivity contribution in [1.29, 1.82) is 0 Å². The van der Waals surface area contributed by atoms with Gasteiger partial charge in [-0.2, -0.15) is 0 Å². The molecule has 0 fully saturated rings. The molecule has 1 aromatic rings. The van der Waals surface area contributed by atoms with Gasteiger partial charge in [-0.1, -0.05) is 39.0 Å². The van der Waals surface area contributed by atoms with Gasteiger partial charge < -0.3 is 5.73 Å². The van der Waals surface area contributed by atoms with Crippen LogP contribution < -0.4 is 5.73 Å². The number of hydrogen-bond acceptors (Lipinski definition) is 1. The van der Waals surface area contributed by atoms with Gasteiger partial charge in [-0.3, -0.25) is 0 Å². The van der Waals surface area contributed by atoms with Crippen LogP contribution in [0.15, 0.2) is 24.3 Å². The van der Waals surface area contributed by atoms with E-state index < -0.39 is 0 Å². The van der Waals surface area contributed by atoms with Crippen LogP contribution in [0.3, 0.4) is 0 Å². The molecular formula is C13H20FN. The van der Waals surface area contributed by atoms with E-state index in [9.17, 15) is 4.39 Å². The lowest BCUT2D eigenvalue weighted by Crippen LogP contribution is -2.20. The smallest absolute Gasteiger partial charge is 0.126 e. The molecule has 2 N–H and O–H groups in total. The Balaban J connectivity index is 2.88. The van der Waals surface area contributed by atoms with E-state index in [2.05, 4.69) is 20.8 Å². The number of nitrogens with two attached hydrogens (primary N) is 1. The van der Waals surface area contributed by atoms with E-state index in [0.29, 0.717) is 6.54 Å². The third-order valence-electron chi connectivity index (χ3n) is 2.49. The van der Waals surface area contributed by atoms with Gasteiger partial charge >= 0.3 is 0 Å². The van der Waals surface area contributed by atoms with E-state index in [0.717, 1.165) is 12.0 Å².